The molecule has 0 bridgehead atoms. The Hall–Kier alpha value is -1.72. The number of hydrogen-bond acceptors (Lipinski definition) is 5. The number of rotatable bonds is 5. The first-order chi connectivity index (χ1) is 9.90. The molecule has 1 unspecified atom stereocenters. The highest BCUT2D eigenvalue weighted by molar-refractivity contribution is 5.16. The second-order valence-corrected chi connectivity index (χ2v) is 5.24. The molecule has 0 aliphatic carbocycles. The second kappa shape index (κ2) is 6.63. The lowest BCUT2D eigenvalue weighted by atomic mass is 10.0. The summed E-state index contributed by atoms with van der Waals surface area (Å²) in [6.07, 6.45) is 3.33. The van der Waals surface area contributed by atoms with Crippen LogP contribution in [0.1, 0.15) is 11.4 Å². The van der Waals surface area contributed by atoms with Crippen molar-refractivity contribution in [2.75, 3.05) is 26.2 Å². The number of piperazine rings is 1. The smallest absolute Gasteiger partial charge is 0.213 e. The second-order valence-electron chi connectivity index (χ2n) is 5.24. The topological polar surface area (TPSA) is 54.2 Å². The van der Waals surface area contributed by atoms with Crippen LogP contribution >= 0.6 is 0 Å². The highest BCUT2D eigenvalue weighted by Crippen LogP contribution is 2.08. The predicted molar refractivity (Wildman–Crippen MR) is 76.4 cm³/mol. The maximum absolute atomic E-state index is 4.76. The molecule has 0 radical (unpaired) electrons. The van der Waals surface area contributed by atoms with Crippen LogP contribution in [-0.4, -0.2) is 47.3 Å². The van der Waals surface area contributed by atoms with Gasteiger partial charge in [-0.1, -0.05) is 35.5 Å². The summed E-state index contributed by atoms with van der Waals surface area (Å²) in [6, 6.07) is 11.2. The van der Waals surface area contributed by atoms with Gasteiger partial charge in [0.1, 0.15) is 0 Å². The minimum absolute atomic E-state index is 0.524. The van der Waals surface area contributed by atoms with Crippen molar-refractivity contribution in [3.8, 4) is 0 Å². The average molecular weight is 272 g/mol. The minimum Gasteiger partial charge on any atom is -0.343 e. The maximum atomic E-state index is 4.76. The van der Waals surface area contributed by atoms with Gasteiger partial charge in [0.25, 0.3) is 0 Å². The van der Waals surface area contributed by atoms with Crippen molar-refractivity contribution in [1.82, 2.24) is 20.4 Å². The molecular weight excluding hydrogens is 252 g/mol. The Kier molecular flexibility index (Phi) is 4.40. The molecule has 1 aliphatic heterocycles. The number of benzene rings is 1. The Morgan fingerprint density at radius 1 is 1.30 bits per heavy atom. The van der Waals surface area contributed by atoms with Crippen molar-refractivity contribution in [3.05, 3.63) is 48.1 Å². The fraction of sp³-hybridized carbons (Fsp3) is 0.467. The van der Waals surface area contributed by atoms with Crippen LogP contribution in [0.5, 0.6) is 0 Å². The third-order valence-electron chi connectivity index (χ3n) is 3.72. The van der Waals surface area contributed by atoms with Crippen molar-refractivity contribution < 1.29 is 4.52 Å². The molecular formula is C15H20N4O. The molecule has 1 N–H and O–H groups in total. The van der Waals surface area contributed by atoms with Crippen molar-refractivity contribution in [2.45, 2.75) is 18.9 Å². The van der Waals surface area contributed by atoms with E-state index in [0.717, 1.165) is 44.8 Å². The van der Waals surface area contributed by atoms with E-state index in [4.69, 9.17) is 4.52 Å². The first-order valence-electron chi connectivity index (χ1n) is 7.15. The van der Waals surface area contributed by atoms with Crippen molar-refractivity contribution in [2.24, 2.45) is 0 Å². The highest BCUT2D eigenvalue weighted by Gasteiger charge is 2.19. The van der Waals surface area contributed by atoms with E-state index in [0.29, 0.717) is 6.04 Å². The van der Waals surface area contributed by atoms with Gasteiger partial charge in [-0.15, -0.1) is 0 Å². The summed E-state index contributed by atoms with van der Waals surface area (Å²) < 4.78 is 4.76. The summed E-state index contributed by atoms with van der Waals surface area (Å²) in [5, 5.41) is 7.46. The zero-order valence-corrected chi connectivity index (χ0v) is 11.5. The molecule has 5 nitrogen and oxygen atoms in total. The monoisotopic (exact) mass is 272 g/mol. The van der Waals surface area contributed by atoms with Crippen LogP contribution in [0.2, 0.25) is 0 Å². The molecule has 0 spiro atoms. The number of hydrogen-bond donors (Lipinski definition) is 1. The van der Waals surface area contributed by atoms with Crippen LogP contribution < -0.4 is 5.32 Å². The summed E-state index contributed by atoms with van der Waals surface area (Å²) in [5.41, 5.74) is 1.39. The Labute approximate surface area is 119 Å². The molecule has 1 aromatic heterocycles. The van der Waals surface area contributed by atoms with E-state index in [1.165, 1.54) is 12.0 Å². The van der Waals surface area contributed by atoms with E-state index in [9.17, 15) is 0 Å². The quantitative estimate of drug-likeness (QED) is 0.884. The maximum Gasteiger partial charge on any atom is 0.213 e. The third-order valence-corrected chi connectivity index (χ3v) is 3.72. The number of aromatic nitrogens is 2. The van der Waals surface area contributed by atoms with Gasteiger partial charge in [-0.25, -0.2) is 0 Å². The number of nitrogens with one attached hydrogen (secondary N) is 1. The van der Waals surface area contributed by atoms with Crippen molar-refractivity contribution in [3.63, 3.8) is 0 Å². The molecule has 2 heterocycles. The average Bonchev–Trinajstić information content (AvgIpc) is 3.00. The fourth-order valence-corrected chi connectivity index (χ4v) is 2.69. The lowest BCUT2D eigenvalue weighted by Gasteiger charge is -2.33. The molecule has 1 aromatic carbocycles. The molecule has 1 saturated heterocycles. The van der Waals surface area contributed by atoms with Crippen LogP contribution in [0, 0.1) is 0 Å². The molecule has 1 atom stereocenters. The molecule has 3 rings (SSSR count). The lowest BCUT2D eigenvalue weighted by Crippen LogP contribution is -2.51. The molecule has 5 heteroatoms. The van der Waals surface area contributed by atoms with Crippen LogP contribution in [0.3, 0.4) is 0 Å². The van der Waals surface area contributed by atoms with Crippen LogP contribution in [0.4, 0.5) is 0 Å². The normalized spacial score (nSPS) is 20.1. The standard InChI is InChI=1S/C15H20N4O/c1-2-4-13(5-3-1)10-14-11-19(9-7-16-14)8-6-15-17-12-20-18-15/h1-5,12,14,16H,6-11H2. The molecule has 1 aliphatic rings. The molecule has 0 amide bonds. The number of nitrogens with zero attached hydrogens (tertiary/aromatic N) is 3. The van der Waals surface area contributed by atoms with Gasteiger partial charge in [0.05, 0.1) is 0 Å². The van der Waals surface area contributed by atoms with E-state index in [2.05, 4.69) is 50.7 Å². The van der Waals surface area contributed by atoms with Gasteiger partial charge in [0, 0.05) is 38.6 Å². The first-order valence-corrected chi connectivity index (χ1v) is 7.15. The van der Waals surface area contributed by atoms with E-state index in [1.54, 1.807) is 0 Å². The zero-order chi connectivity index (χ0) is 13.6. The summed E-state index contributed by atoms with van der Waals surface area (Å²) in [6.45, 7) is 4.20. The highest BCUT2D eigenvalue weighted by atomic mass is 16.5. The SMILES string of the molecule is c1ccc(CC2CN(CCc3ncon3)CCN2)cc1. The minimum atomic E-state index is 0.524. The third kappa shape index (κ3) is 3.65. The van der Waals surface area contributed by atoms with Gasteiger partial charge in [0.15, 0.2) is 5.82 Å². The van der Waals surface area contributed by atoms with Crippen molar-refractivity contribution >= 4 is 0 Å². The van der Waals surface area contributed by atoms with Gasteiger partial charge in [-0.3, -0.25) is 0 Å². The van der Waals surface area contributed by atoms with E-state index < -0.39 is 0 Å². The molecule has 2 aromatic rings. The molecule has 20 heavy (non-hydrogen) atoms. The van der Waals surface area contributed by atoms with E-state index in [1.807, 2.05) is 0 Å². The predicted octanol–water partition coefficient (Wildman–Crippen LogP) is 1.13. The Morgan fingerprint density at radius 3 is 3.00 bits per heavy atom. The van der Waals surface area contributed by atoms with Crippen LogP contribution in [0.25, 0.3) is 0 Å². The van der Waals surface area contributed by atoms with Gasteiger partial charge in [0.2, 0.25) is 6.39 Å². The first kappa shape index (κ1) is 13.3. The Morgan fingerprint density at radius 2 is 2.20 bits per heavy atom. The summed E-state index contributed by atoms with van der Waals surface area (Å²) >= 11 is 0. The van der Waals surface area contributed by atoms with Crippen molar-refractivity contribution in [1.29, 1.82) is 0 Å². The molecule has 1 fully saturated rings. The lowest BCUT2D eigenvalue weighted by molar-refractivity contribution is 0.199. The van der Waals surface area contributed by atoms with E-state index >= 15 is 0 Å². The van der Waals surface area contributed by atoms with Gasteiger partial charge < -0.3 is 14.7 Å². The van der Waals surface area contributed by atoms with Crippen LogP contribution in [0.15, 0.2) is 41.2 Å². The largest absolute Gasteiger partial charge is 0.343 e. The Bertz CT molecular complexity index is 500. The zero-order valence-electron chi connectivity index (χ0n) is 11.5. The summed E-state index contributed by atoms with van der Waals surface area (Å²) in [4.78, 5) is 6.54. The van der Waals surface area contributed by atoms with Crippen LogP contribution in [-0.2, 0) is 12.8 Å². The van der Waals surface area contributed by atoms with Gasteiger partial charge >= 0.3 is 0 Å². The molecule has 0 saturated carbocycles. The Balaban J connectivity index is 1.49. The molecule has 106 valence electrons. The summed E-state index contributed by atoms with van der Waals surface area (Å²) in [7, 11) is 0. The fourth-order valence-electron chi connectivity index (χ4n) is 2.69. The summed E-state index contributed by atoms with van der Waals surface area (Å²) in [5.74, 6) is 0.795. The van der Waals surface area contributed by atoms with Gasteiger partial charge in [-0.05, 0) is 12.0 Å². The van der Waals surface area contributed by atoms with E-state index in [-0.39, 0.29) is 0 Å². The van der Waals surface area contributed by atoms with Gasteiger partial charge in [-0.2, -0.15) is 4.98 Å².